The van der Waals surface area contributed by atoms with Gasteiger partial charge < -0.3 is 36.0 Å². The standard InChI is InChI=1S/C46H58N6O6/c1-45(2,3)39(50-43(56)57)41(54)48-35(27-32-20-22-34(23-21-32)36-19-13-14-24-47-36)29-38(53)37(28-31-15-9-7-10-16-31)49-42(55)40(46(4,5)6)52-26-25-51(44(52)58)30-33-17-11-8-12-18-33/h7-24,35,37-40,50,53H,25-30H2,1-6H3,(H,48,54)(H,49,55)(H,56,57)/t35-,37+,38+,39-,40-/m1/s1. The molecule has 5 N–H and O–H groups in total. The molecule has 1 fully saturated rings. The van der Waals surface area contributed by atoms with E-state index < -0.39 is 53.1 Å². The molecule has 12 heteroatoms. The van der Waals surface area contributed by atoms with E-state index in [-0.39, 0.29) is 24.8 Å². The van der Waals surface area contributed by atoms with Crippen molar-refractivity contribution in [2.24, 2.45) is 10.8 Å². The molecule has 0 saturated carbocycles. The molecule has 0 bridgehead atoms. The number of rotatable bonds is 16. The van der Waals surface area contributed by atoms with Crippen LogP contribution >= 0.6 is 0 Å². The molecule has 1 aliphatic rings. The number of carboxylic acid groups (broad SMARTS) is 1. The highest BCUT2D eigenvalue weighted by Crippen LogP contribution is 2.29. The Morgan fingerprint density at radius 2 is 1.31 bits per heavy atom. The van der Waals surface area contributed by atoms with Gasteiger partial charge in [-0.25, -0.2) is 9.59 Å². The van der Waals surface area contributed by atoms with Gasteiger partial charge in [-0.3, -0.25) is 14.6 Å². The predicted molar refractivity (Wildman–Crippen MR) is 225 cm³/mol. The Morgan fingerprint density at radius 1 is 0.707 bits per heavy atom. The van der Waals surface area contributed by atoms with Crippen molar-refractivity contribution in [1.82, 2.24) is 30.7 Å². The summed E-state index contributed by atoms with van der Waals surface area (Å²) in [5.74, 6) is -0.909. The van der Waals surface area contributed by atoms with E-state index >= 15 is 0 Å². The Bertz CT molecular complexity index is 1970. The zero-order valence-corrected chi connectivity index (χ0v) is 34.4. The van der Waals surface area contributed by atoms with E-state index in [0.717, 1.165) is 27.9 Å². The summed E-state index contributed by atoms with van der Waals surface area (Å²) < 4.78 is 0. The molecule has 2 heterocycles. The summed E-state index contributed by atoms with van der Waals surface area (Å²) in [5.41, 5.74) is 3.08. The van der Waals surface area contributed by atoms with Crippen LogP contribution in [0.1, 0.15) is 64.7 Å². The van der Waals surface area contributed by atoms with Crippen LogP contribution in [-0.2, 0) is 29.0 Å². The van der Waals surface area contributed by atoms with Crippen molar-refractivity contribution in [3.05, 3.63) is 126 Å². The van der Waals surface area contributed by atoms with Crippen molar-refractivity contribution < 1.29 is 29.4 Å². The topological polar surface area (TPSA) is 164 Å². The normalized spacial score (nSPS) is 15.9. The lowest BCUT2D eigenvalue weighted by Gasteiger charge is -2.38. The number of aromatic nitrogens is 1. The van der Waals surface area contributed by atoms with Gasteiger partial charge >= 0.3 is 12.1 Å². The minimum Gasteiger partial charge on any atom is -0.465 e. The molecule has 1 aliphatic heterocycles. The number of carbonyl (C=O) groups excluding carboxylic acids is 3. The maximum absolute atomic E-state index is 14.5. The molecular weight excluding hydrogens is 733 g/mol. The first-order valence-corrected chi connectivity index (χ1v) is 19.9. The van der Waals surface area contributed by atoms with Gasteiger partial charge in [0.05, 0.1) is 17.8 Å². The maximum atomic E-state index is 14.5. The Morgan fingerprint density at radius 3 is 1.88 bits per heavy atom. The van der Waals surface area contributed by atoms with E-state index in [4.69, 9.17) is 0 Å². The van der Waals surface area contributed by atoms with E-state index in [1.54, 1.807) is 36.8 Å². The first-order chi connectivity index (χ1) is 27.5. The summed E-state index contributed by atoms with van der Waals surface area (Å²) in [6, 6.07) is 29.1. The Kier molecular flexibility index (Phi) is 14.3. The van der Waals surface area contributed by atoms with Gasteiger partial charge in [0.15, 0.2) is 0 Å². The van der Waals surface area contributed by atoms with Crippen LogP contribution in [0.2, 0.25) is 0 Å². The lowest BCUT2D eigenvalue weighted by molar-refractivity contribution is -0.131. The van der Waals surface area contributed by atoms with Gasteiger partial charge in [0, 0.05) is 37.4 Å². The van der Waals surface area contributed by atoms with Crippen molar-refractivity contribution in [2.45, 2.75) is 97.6 Å². The summed E-state index contributed by atoms with van der Waals surface area (Å²) in [6.07, 6.45) is -0.134. The minimum atomic E-state index is -1.32. The van der Waals surface area contributed by atoms with E-state index in [1.807, 2.05) is 124 Å². The molecule has 4 aromatic rings. The first kappa shape index (κ1) is 43.4. The van der Waals surface area contributed by atoms with Crippen molar-refractivity contribution in [3.63, 3.8) is 0 Å². The van der Waals surface area contributed by atoms with Crippen LogP contribution in [0, 0.1) is 10.8 Å². The van der Waals surface area contributed by atoms with Crippen LogP contribution in [0.4, 0.5) is 9.59 Å². The molecule has 308 valence electrons. The van der Waals surface area contributed by atoms with Crippen molar-refractivity contribution >= 4 is 23.9 Å². The van der Waals surface area contributed by atoms with E-state index in [9.17, 15) is 29.4 Å². The largest absolute Gasteiger partial charge is 0.465 e. The summed E-state index contributed by atoms with van der Waals surface area (Å²) in [4.78, 5) is 61.8. The van der Waals surface area contributed by atoms with Gasteiger partial charge in [0.25, 0.3) is 0 Å². The summed E-state index contributed by atoms with van der Waals surface area (Å²) >= 11 is 0. The van der Waals surface area contributed by atoms with Gasteiger partial charge in [-0.15, -0.1) is 0 Å². The van der Waals surface area contributed by atoms with Crippen molar-refractivity contribution in [1.29, 1.82) is 0 Å². The van der Waals surface area contributed by atoms with E-state index in [0.29, 0.717) is 26.1 Å². The monoisotopic (exact) mass is 790 g/mol. The number of aliphatic hydroxyl groups excluding tert-OH is 1. The number of nitrogens with zero attached hydrogens (tertiary/aromatic N) is 3. The number of amides is 5. The maximum Gasteiger partial charge on any atom is 0.405 e. The van der Waals surface area contributed by atoms with Gasteiger partial charge in [-0.1, -0.05) is 133 Å². The number of benzene rings is 3. The summed E-state index contributed by atoms with van der Waals surface area (Å²) in [5, 5.41) is 30.3. The molecule has 1 aromatic heterocycles. The highest BCUT2D eigenvalue weighted by molar-refractivity contribution is 5.89. The fourth-order valence-electron chi connectivity index (χ4n) is 7.57. The van der Waals surface area contributed by atoms with Crippen molar-refractivity contribution in [3.8, 4) is 11.3 Å². The van der Waals surface area contributed by atoms with Crippen LogP contribution < -0.4 is 16.0 Å². The third kappa shape index (κ3) is 11.9. The Labute approximate surface area is 342 Å². The van der Waals surface area contributed by atoms with Crippen LogP contribution in [0.5, 0.6) is 0 Å². The number of aliphatic hydroxyl groups is 1. The molecular formula is C46H58N6O6. The second-order valence-corrected chi connectivity index (χ2v) is 17.3. The van der Waals surface area contributed by atoms with Crippen LogP contribution in [-0.4, -0.2) is 92.3 Å². The minimum absolute atomic E-state index is 0.0309. The van der Waals surface area contributed by atoms with Gasteiger partial charge in [-0.05, 0) is 58.9 Å². The number of urea groups is 1. The number of hydrogen-bond acceptors (Lipinski definition) is 6. The fourth-order valence-corrected chi connectivity index (χ4v) is 7.57. The van der Waals surface area contributed by atoms with Gasteiger partial charge in [0.2, 0.25) is 11.8 Å². The summed E-state index contributed by atoms with van der Waals surface area (Å²) in [6.45, 7) is 12.4. The number of pyridine rings is 1. The lowest BCUT2D eigenvalue weighted by Crippen LogP contribution is -2.59. The van der Waals surface area contributed by atoms with E-state index in [2.05, 4.69) is 20.9 Å². The highest BCUT2D eigenvalue weighted by atomic mass is 16.4. The highest BCUT2D eigenvalue weighted by Gasteiger charge is 2.44. The van der Waals surface area contributed by atoms with Gasteiger partial charge in [0.1, 0.15) is 12.1 Å². The average Bonchev–Trinajstić information content (AvgIpc) is 3.51. The second kappa shape index (κ2) is 19.1. The zero-order valence-electron chi connectivity index (χ0n) is 34.4. The Hall–Kier alpha value is -5.75. The average molecular weight is 791 g/mol. The third-order valence-electron chi connectivity index (χ3n) is 10.5. The molecule has 1 saturated heterocycles. The fraction of sp³-hybridized carbons (Fsp3) is 0.413. The molecule has 0 radical (unpaired) electrons. The summed E-state index contributed by atoms with van der Waals surface area (Å²) in [7, 11) is 0. The smallest absolute Gasteiger partial charge is 0.405 e. The number of carbonyl (C=O) groups is 4. The molecule has 0 aliphatic carbocycles. The molecule has 0 spiro atoms. The predicted octanol–water partition coefficient (Wildman–Crippen LogP) is 6.29. The lowest BCUT2D eigenvalue weighted by atomic mass is 9.84. The van der Waals surface area contributed by atoms with Gasteiger partial charge in [-0.2, -0.15) is 0 Å². The van der Waals surface area contributed by atoms with E-state index in [1.165, 1.54) is 0 Å². The second-order valence-electron chi connectivity index (χ2n) is 17.3. The quantitative estimate of drug-likeness (QED) is 0.0891. The molecule has 12 nitrogen and oxygen atoms in total. The molecule has 0 unspecified atom stereocenters. The molecule has 5 atom stereocenters. The number of nitrogens with one attached hydrogen (secondary N) is 3. The third-order valence-corrected chi connectivity index (χ3v) is 10.5. The number of hydrogen-bond donors (Lipinski definition) is 5. The van der Waals surface area contributed by atoms with Crippen LogP contribution in [0.3, 0.4) is 0 Å². The molecule has 3 aromatic carbocycles. The molecule has 5 amide bonds. The first-order valence-electron chi connectivity index (χ1n) is 19.9. The van der Waals surface area contributed by atoms with Crippen LogP contribution in [0.15, 0.2) is 109 Å². The van der Waals surface area contributed by atoms with Crippen LogP contribution in [0.25, 0.3) is 11.3 Å². The Balaban J connectivity index is 1.41. The SMILES string of the molecule is CC(C)(C)[C@H](NC(=O)O)C(=O)N[C@H](Cc1ccc(-c2ccccn2)cc1)C[C@H](O)[C@H](Cc1ccccc1)NC(=O)[C@@H](N1CCN(Cc2ccccc2)C1=O)C(C)(C)C. The molecule has 58 heavy (non-hydrogen) atoms. The molecule has 5 rings (SSSR count). The zero-order chi connectivity index (χ0) is 42.0. The van der Waals surface area contributed by atoms with Crippen molar-refractivity contribution in [2.75, 3.05) is 13.1 Å².